The number of furan rings is 1. The largest absolute Gasteiger partial charge is 0 e. The average Bonchev–Trinajstić information content (AvgIpc) is 3.79. The topological polar surface area (TPSA) is 56.7 Å². The number of nitrogens with zero attached hydrogens (tertiary/aromatic N) is 4. The quantitative estimate of drug-likeness (QED) is 0.123. The zero-order valence-electron chi connectivity index (χ0n) is 34.4. The van der Waals surface area contributed by atoms with E-state index in [1.165, 1.54) is 21.1 Å². The van der Waals surface area contributed by atoms with Crippen LogP contribution in [0.2, 0.25) is 17.3 Å². The Bertz CT molecular complexity index is 2830. The molecule has 0 aliphatic carbocycles. The summed E-state index contributed by atoms with van der Waals surface area (Å²) in [5.41, 5.74) is 12.3. The molecule has 293 valence electrons. The van der Waals surface area contributed by atoms with E-state index in [2.05, 4.69) is 177 Å². The molecular weight excluding hydrogens is 949 g/mol. The Morgan fingerprint density at radius 3 is 2.10 bits per heavy atom. The van der Waals surface area contributed by atoms with Gasteiger partial charge in [-0.25, -0.2) is 4.98 Å². The van der Waals surface area contributed by atoms with Crippen LogP contribution >= 0.6 is 0 Å². The molecule has 7 heteroatoms. The van der Waals surface area contributed by atoms with Gasteiger partial charge in [-0.3, -0.25) is 4.98 Å². The van der Waals surface area contributed by atoms with Gasteiger partial charge < -0.3 is 8.98 Å². The zero-order chi connectivity index (χ0) is 39.9. The van der Waals surface area contributed by atoms with E-state index in [-0.39, 0.29) is 25.5 Å². The van der Waals surface area contributed by atoms with Crippen LogP contribution in [-0.4, -0.2) is 32.8 Å². The molecule has 5 aromatic carbocycles. The van der Waals surface area contributed by atoms with E-state index < -0.39 is 13.3 Å². The van der Waals surface area contributed by atoms with E-state index in [1.54, 1.807) is 0 Å². The summed E-state index contributed by atoms with van der Waals surface area (Å²) in [6.07, 6.45) is 2.12. The normalized spacial score (nSPS) is 11.8. The van der Waals surface area contributed by atoms with Crippen molar-refractivity contribution in [1.82, 2.24) is 19.5 Å². The molecule has 0 atom stereocenters. The molecule has 0 saturated carbocycles. The van der Waals surface area contributed by atoms with Crippen molar-refractivity contribution in [2.24, 2.45) is 0 Å². The van der Waals surface area contributed by atoms with Crippen LogP contribution in [0, 0.1) is 12.1 Å². The van der Waals surface area contributed by atoms with Gasteiger partial charge in [0.1, 0.15) is 0 Å². The van der Waals surface area contributed by atoms with E-state index in [0.29, 0.717) is 11.6 Å². The molecule has 1 radical (unpaired) electrons. The number of imidazole rings is 1. The van der Waals surface area contributed by atoms with E-state index in [9.17, 15) is 0 Å². The van der Waals surface area contributed by atoms with Gasteiger partial charge in [0.2, 0.25) is 5.71 Å². The minimum absolute atomic E-state index is 0. The molecule has 0 N–H and O–H groups in total. The van der Waals surface area contributed by atoms with Crippen LogP contribution < -0.4 is 4.40 Å². The monoisotopic (exact) mass is 999 g/mol. The molecule has 4 aromatic heterocycles. The summed E-state index contributed by atoms with van der Waals surface area (Å²) in [7, 11) is 0. The van der Waals surface area contributed by atoms with Crippen LogP contribution in [0.1, 0.15) is 51.8 Å². The molecule has 0 aliphatic rings. The fraction of sp³-hybridized carbons (Fsp3) is 0.196. The summed E-state index contributed by atoms with van der Waals surface area (Å²) in [6.45, 7) is 11.0. The number of fused-ring (bicyclic) bond motifs is 4. The Kier molecular flexibility index (Phi) is 11.8. The van der Waals surface area contributed by atoms with Crippen LogP contribution in [0.15, 0.2) is 144 Å². The number of aromatic nitrogens is 4. The van der Waals surface area contributed by atoms with Crippen molar-refractivity contribution < 1.29 is 24.5 Å². The van der Waals surface area contributed by atoms with Crippen LogP contribution in [0.5, 0.6) is 0 Å². The third-order valence-electron chi connectivity index (χ3n) is 10.4. The molecule has 0 spiro atoms. The standard InChI is InChI=1S/C34H26N3O.C17H22GeN.Ir/c1-34(2,3)31-20-18-26-27-21-24(15-19-30(27)38-33(26)36-31)32-35-28-11-7-8-12-29(28)37(32)25-16-13-23(14-17-25)22-9-5-4-6-10-22;1-13(2)15-11-17(14-9-7-6-8-10-14)19-12-16(15)18(3,4)5;/h4-14,16-21H,1-3H3;6-9,11-13H,1-5H3;/q2*-1;. The summed E-state index contributed by atoms with van der Waals surface area (Å²) >= 11 is -1.85. The van der Waals surface area contributed by atoms with Gasteiger partial charge in [-0.2, -0.15) is 0 Å². The SMILES string of the molecule is CC(C)(C)c1ccc2c(n1)oc1c[c-]c(-c3nc4ccccc4n3-c3ccc(-c4ccccc4)cc3)cc12.CC(C)c1cc(-c2[c-]cccc2)nc[c]1[Ge]([CH3])([CH3])[CH3].[Ir]. The Labute approximate surface area is 358 Å². The van der Waals surface area contributed by atoms with Crippen molar-refractivity contribution in [3.05, 3.63) is 163 Å². The van der Waals surface area contributed by atoms with Crippen LogP contribution in [0.3, 0.4) is 0 Å². The minimum Gasteiger partial charge on any atom is 0 e. The number of hydrogen-bond donors (Lipinski definition) is 0. The van der Waals surface area contributed by atoms with Gasteiger partial charge in [0, 0.05) is 42.3 Å². The van der Waals surface area contributed by atoms with Gasteiger partial charge in [-0.15, -0.1) is 23.8 Å². The van der Waals surface area contributed by atoms with Crippen LogP contribution in [0.4, 0.5) is 0 Å². The second-order valence-corrected chi connectivity index (χ2v) is 27.6. The van der Waals surface area contributed by atoms with Gasteiger partial charge in [0.25, 0.3) is 0 Å². The summed E-state index contributed by atoms with van der Waals surface area (Å²) in [5, 5.41) is 2.01. The Morgan fingerprint density at radius 1 is 0.707 bits per heavy atom. The maximum absolute atomic E-state index is 6.14. The number of rotatable bonds is 6. The Hall–Kier alpha value is -5.14. The first-order valence-corrected chi connectivity index (χ1v) is 27.1. The molecule has 0 unspecified atom stereocenters. The van der Waals surface area contributed by atoms with Gasteiger partial charge in [-0.1, -0.05) is 80.8 Å². The van der Waals surface area contributed by atoms with Gasteiger partial charge in [-0.05, 0) is 47.5 Å². The predicted octanol–water partition coefficient (Wildman–Crippen LogP) is 13.0. The fourth-order valence-corrected chi connectivity index (χ4v) is 10.8. The van der Waals surface area contributed by atoms with E-state index in [4.69, 9.17) is 14.4 Å². The first kappa shape index (κ1) is 41.0. The van der Waals surface area contributed by atoms with E-state index in [1.807, 2.05) is 36.4 Å². The summed E-state index contributed by atoms with van der Waals surface area (Å²) < 4.78 is 9.87. The average molecular weight is 998 g/mol. The zero-order valence-corrected chi connectivity index (χ0v) is 38.9. The number of para-hydroxylation sites is 2. The van der Waals surface area contributed by atoms with Crippen LogP contribution in [-0.2, 0) is 25.5 Å². The predicted molar refractivity (Wildman–Crippen MR) is 240 cm³/mol. The number of pyridine rings is 2. The van der Waals surface area contributed by atoms with Crippen molar-refractivity contribution in [2.45, 2.75) is 63.2 Å². The molecular formula is C51H48GeIrN4O-2. The van der Waals surface area contributed by atoms with Crippen LogP contribution in [0.25, 0.3) is 72.6 Å². The first-order valence-electron chi connectivity index (χ1n) is 19.7. The maximum atomic E-state index is 6.14. The summed E-state index contributed by atoms with van der Waals surface area (Å²) in [5.74, 6) is 8.67. The molecule has 4 heterocycles. The second kappa shape index (κ2) is 16.6. The molecule has 9 aromatic rings. The third kappa shape index (κ3) is 8.38. The van der Waals surface area contributed by atoms with E-state index in [0.717, 1.165) is 61.4 Å². The van der Waals surface area contributed by atoms with Gasteiger partial charge in [0.15, 0.2) is 0 Å². The third-order valence-corrected chi connectivity index (χ3v) is 14.7. The van der Waals surface area contributed by atoms with Crippen molar-refractivity contribution in [2.75, 3.05) is 0 Å². The Balaban J connectivity index is 0.000000217. The first-order chi connectivity index (χ1) is 27.3. The minimum atomic E-state index is -1.85. The molecule has 58 heavy (non-hydrogen) atoms. The van der Waals surface area contributed by atoms with Crippen molar-refractivity contribution >= 4 is 50.8 Å². The maximum Gasteiger partial charge on any atom is 0 e. The Morgan fingerprint density at radius 2 is 1.41 bits per heavy atom. The molecule has 0 amide bonds. The van der Waals surface area contributed by atoms with Crippen molar-refractivity contribution in [3.63, 3.8) is 0 Å². The fourth-order valence-electron chi connectivity index (χ4n) is 7.32. The van der Waals surface area contributed by atoms with Gasteiger partial charge in [0.05, 0.1) is 22.4 Å². The summed E-state index contributed by atoms with van der Waals surface area (Å²) in [6, 6.07) is 52.6. The molecule has 0 saturated heterocycles. The van der Waals surface area contributed by atoms with Crippen molar-refractivity contribution in [3.8, 4) is 39.5 Å². The van der Waals surface area contributed by atoms with Gasteiger partial charge >= 0.3 is 119 Å². The van der Waals surface area contributed by atoms with Crippen molar-refractivity contribution in [1.29, 1.82) is 0 Å². The summed E-state index contributed by atoms with van der Waals surface area (Å²) in [4.78, 5) is 14.5. The number of benzene rings is 5. The number of hydrogen-bond acceptors (Lipinski definition) is 4. The van der Waals surface area contributed by atoms with E-state index >= 15 is 0 Å². The second-order valence-electron chi connectivity index (χ2n) is 17.0. The molecule has 9 rings (SSSR count). The smallest absolute Gasteiger partial charge is 0 e. The molecule has 0 aliphatic heterocycles. The molecule has 0 bridgehead atoms. The molecule has 0 fully saturated rings. The molecule has 5 nitrogen and oxygen atoms in total.